The van der Waals surface area contributed by atoms with E-state index >= 15 is 0 Å². The van der Waals surface area contributed by atoms with E-state index in [4.69, 9.17) is 14.2 Å². The van der Waals surface area contributed by atoms with Crippen molar-refractivity contribution in [2.45, 2.75) is 25.4 Å². The number of anilines is 3. The number of carbonyl (C=O) groups is 1. The molecule has 3 aromatic carbocycles. The predicted molar refractivity (Wildman–Crippen MR) is 169 cm³/mol. The van der Waals surface area contributed by atoms with E-state index in [-0.39, 0.29) is 31.2 Å². The van der Waals surface area contributed by atoms with Crippen LogP contribution in [0.15, 0.2) is 84.4 Å². The average Bonchev–Trinajstić information content (AvgIpc) is 3.73. The molecule has 2 fully saturated rings. The average molecular weight is 632 g/mol. The molecule has 2 atom stereocenters. The van der Waals surface area contributed by atoms with Crippen molar-refractivity contribution < 1.29 is 27.8 Å². The van der Waals surface area contributed by atoms with E-state index in [0.717, 1.165) is 49.3 Å². The van der Waals surface area contributed by atoms with E-state index in [1.54, 1.807) is 7.05 Å². The standard InChI is InChI=1S/C33H35F2N7O4/c1-24(43)42(22-36-2)28-6-4-26(5-7-28)39-13-15-40(16-14-39)27-8-10-29(11-9-27)44-18-30-19-45-33(46-30,20-41-23-37-21-38-41)31-12-3-25(34)17-32(31)35/h3-12,17,21-23,30H,13-16,18-20H2,1-2H3. The highest BCUT2D eigenvalue weighted by molar-refractivity contribution is 6.07. The van der Waals surface area contributed by atoms with Gasteiger partial charge in [-0.25, -0.2) is 18.4 Å². The van der Waals surface area contributed by atoms with Crippen LogP contribution in [-0.2, 0) is 26.6 Å². The van der Waals surface area contributed by atoms with Gasteiger partial charge in [0.2, 0.25) is 11.7 Å². The largest absolute Gasteiger partial charge is 0.491 e. The fourth-order valence-corrected chi connectivity index (χ4v) is 5.72. The second kappa shape index (κ2) is 13.6. The summed E-state index contributed by atoms with van der Waals surface area (Å²) in [5.41, 5.74) is 3.06. The van der Waals surface area contributed by atoms with Gasteiger partial charge in [0.05, 0.1) is 12.9 Å². The molecule has 4 aromatic rings. The maximum absolute atomic E-state index is 14.8. The van der Waals surface area contributed by atoms with Crippen LogP contribution < -0.4 is 19.4 Å². The molecule has 0 saturated carbocycles. The van der Waals surface area contributed by atoms with Crippen molar-refractivity contribution in [2.75, 3.05) is 61.1 Å². The topological polar surface area (TPSA) is 97.6 Å². The zero-order valence-electron chi connectivity index (χ0n) is 25.6. The highest BCUT2D eigenvalue weighted by atomic mass is 19.1. The number of carbonyl (C=O) groups excluding carboxylic acids is 1. The molecule has 11 nitrogen and oxygen atoms in total. The Kier molecular flexibility index (Phi) is 9.22. The number of nitrogens with zero attached hydrogens (tertiary/aromatic N) is 7. The van der Waals surface area contributed by atoms with Crippen LogP contribution in [0.3, 0.4) is 0 Å². The minimum absolute atomic E-state index is 0.0338. The van der Waals surface area contributed by atoms with Gasteiger partial charge in [-0.2, -0.15) is 5.10 Å². The Bertz CT molecular complexity index is 1650. The Morgan fingerprint density at radius 3 is 2.30 bits per heavy atom. The van der Waals surface area contributed by atoms with Crippen LogP contribution in [0.25, 0.3) is 0 Å². The third kappa shape index (κ3) is 6.85. The molecule has 0 spiro atoms. The first kappa shape index (κ1) is 31.1. The van der Waals surface area contributed by atoms with E-state index in [1.807, 2.05) is 48.5 Å². The van der Waals surface area contributed by atoms with Crippen LogP contribution in [0.2, 0.25) is 0 Å². The normalized spacial score (nSPS) is 20.0. The van der Waals surface area contributed by atoms with Crippen molar-refractivity contribution in [3.8, 4) is 5.75 Å². The third-order valence-electron chi connectivity index (χ3n) is 8.02. The zero-order chi connectivity index (χ0) is 32.1. The van der Waals surface area contributed by atoms with E-state index in [0.29, 0.717) is 5.75 Å². The lowest BCUT2D eigenvalue weighted by Crippen LogP contribution is -2.46. The van der Waals surface area contributed by atoms with Gasteiger partial charge in [-0.1, -0.05) is 0 Å². The number of benzene rings is 3. The summed E-state index contributed by atoms with van der Waals surface area (Å²) in [7, 11) is 1.64. The molecule has 0 N–H and O–H groups in total. The number of halogens is 2. The molecule has 2 aliphatic heterocycles. The lowest BCUT2D eigenvalue weighted by Gasteiger charge is -2.37. The Labute approximate surface area is 265 Å². The summed E-state index contributed by atoms with van der Waals surface area (Å²) < 4.78 is 48.2. The molecule has 46 heavy (non-hydrogen) atoms. The molecule has 1 aromatic heterocycles. The summed E-state index contributed by atoms with van der Waals surface area (Å²) >= 11 is 0. The van der Waals surface area contributed by atoms with Gasteiger partial charge in [-0.15, -0.1) is 0 Å². The smallest absolute Gasteiger partial charge is 0.229 e. The van der Waals surface area contributed by atoms with Crippen molar-refractivity contribution in [3.63, 3.8) is 0 Å². The van der Waals surface area contributed by atoms with Crippen molar-refractivity contribution >= 4 is 29.3 Å². The SMILES string of the molecule is CN=CN(C(C)=O)c1ccc(N2CCN(c3ccc(OCC4COC(Cn5cncn5)(c5ccc(F)cc5F)O4)cc3)CC2)cc1. The highest BCUT2D eigenvalue weighted by Gasteiger charge is 2.46. The Hall–Kier alpha value is -4.88. The lowest BCUT2D eigenvalue weighted by molar-refractivity contribution is -0.192. The minimum atomic E-state index is -1.51. The fourth-order valence-electron chi connectivity index (χ4n) is 5.72. The number of aliphatic imine (C=N–C) groups is 1. The molecule has 2 unspecified atom stereocenters. The summed E-state index contributed by atoms with van der Waals surface area (Å²) in [6.07, 6.45) is 3.86. The molecule has 0 bridgehead atoms. The van der Waals surface area contributed by atoms with Crippen LogP contribution in [0.4, 0.5) is 25.8 Å². The quantitative estimate of drug-likeness (QED) is 0.190. The molecule has 13 heteroatoms. The number of rotatable bonds is 10. The summed E-state index contributed by atoms with van der Waals surface area (Å²) in [5, 5.41) is 4.10. The van der Waals surface area contributed by atoms with E-state index in [2.05, 4.69) is 24.9 Å². The Morgan fingerprint density at radius 1 is 1.04 bits per heavy atom. The summed E-state index contributed by atoms with van der Waals surface area (Å²) in [4.78, 5) is 26.0. The summed E-state index contributed by atoms with van der Waals surface area (Å²) in [6, 6.07) is 19.1. The van der Waals surface area contributed by atoms with Gasteiger partial charge >= 0.3 is 0 Å². The first-order chi connectivity index (χ1) is 22.3. The first-order valence-corrected chi connectivity index (χ1v) is 15.0. The monoisotopic (exact) mass is 631 g/mol. The van der Waals surface area contributed by atoms with E-state index in [9.17, 15) is 13.6 Å². The van der Waals surface area contributed by atoms with Gasteiger partial charge in [-0.3, -0.25) is 14.7 Å². The van der Waals surface area contributed by atoms with Gasteiger partial charge < -0.3 is 24.0 Å². The lowest BCUT2D eigenvalue weighted by atomic mass is 10.0. The van der Waals surface area contributed by atoms with Crippen LogP contribution in [0.5, 0.6) is 5.75 Å². The Morgan fingerprint density at radius 2 is 1.72 bits per heavy atom. The predicted octanol–water partition coefficient (Wildman–Crippen LogP) is 4.24. The van der Waals surface area contributed by atoms with Crippen molar-refractivity contribution in [3.05, 3.63) is 96.6 Å². The maximum atomic E-state index is 14.8. The fraction of sp³-hybridized carbons (Fsp3) is 0.333. The first-order valence-electron chi connectivity index (χ1n) is 15.0. The van der Waals surface area contributed by atoms with Crippen LogP contribution in [-0.4, -0.2) is 79.6 Å². The molecular formula is C33H35F2N7O4. The van der Waals surface area contributed by atoms with E-state index < -0.39 is 23.5 Å². The third-order valence-corrected chi connectivity index (χ3v) is 8.02. The van der Waals surface area contributed by atoms with Crippen LogP contribution >= 0.6 is 0 Å². The zero-order valence-corrected chi connectivity index (χ0v) is 25.6. The number of aromatic nitrogens is 3. The molecule has 6 rings (SSSR count). The molecule has 0 radical (unpaired) electrons. The van der Waals surface area contributed by atoms with Gasteiger partial charge in [0.1, 0.15) is 49.3 Å². The molecule has 3 heterocycles. The number of hydrogen-bond acceptors (Lipinski definition) is 9. The second-order valence-electron chi connectivity index (χ2n) is 11.1. The number of piperazine rings is 1. The van der Waals surface area contributed by atoms with E-state index in [1.165, 1.54) is 47.6 Å². The van der Waals surface area contributed by atoms with Gasteiger partial charge in [0.15, 0.2) is 0 Å². The van der Waals surface area contributed by atoms with Crippen molar-refractivity contribution in [2.24, 2.45) is 4.99 Å². The number of amides is 1. The van der Waals surface area contributed by atoms with Gasteiger partial charge in [0.25, 0.3) is 0 Å². The van der Waals surface area contributed by atoms with Gasteiger partial charge in [-0.05, 0) is 60.7 Å². The van der Waals surface area contributed by atoms with Crippen LogP contribution in [0, 0.1) is 11.6 Å². The highest BCUT2D eigenvalue weighted by Crippen LogP contribution is 2.38. The molecule has 2 saturated heterocycles. The molecule has 240 valence electrons. The summed E-state index contributed by atoms with van der Waals surface area (Å²) in [5.74, 6) is -2.39. The Balaban J connectivity index is 1.02. The minimum Gasteiger partial charge on any atom is -0.491 e. The molecule has 2 aliphatic rings. The van der Waals surface area contributed by atoms with Crippen molar-refractivity contribution in [1.82, 2.24) is 14.8 Å². The van der Waals surface area contributed by atoms with Crippen molar-refractivity contribution in [1.29, 1.82) is 0 Å². The molecule has 0 aliphatic carbocycles. The van der Waals surface area contributed by atoms with Gasteiger partial charge in [0, 0.05) is 68.8 Å². The summed E-state index contributed by atoms with van der Waals surface area (Å²) in [6.45, 7) is 5.29. The van der Waals surface area contributed by atoms with Crippen LogP contribution in [0.1, 0.15) is 12.5 Å². The second-order valence-corrected chi connectivity index (χ2v) is 11.1. The number of ether oxygens (including phenoxy) is 3. The molecular weight excluding hydrogens is 596 g/mol. The molecule has 1 amide bonds. The number of hydrogen-bond donors (Lipinski definition) is 0. The maximum Gasteiger partial charge on any atom is 0.229 e.